The predicted molar refractivity (Wildman–Crippen MR) is 117 cm³/mol. The second-order valence-corrected chi connectivity index (χ2v) is 7.83. The molecule has 3 rings (SSSR count). The maximum atomic E-state index is 13.3. The summed E-state index contributed by atoms with van der Waals surface area (Å²) in [5.74, 6) is 0.142. The minimum absolute atomic E-state index is 0.00719. The zero-order valence-electron chi connectivity index (χ0n) is 17.6. The van der Waals surface area contributed by atoms with Gasteiger partial charge in [0, 0.05) is 42.2 Å². The van der Waals surface area contributed by atoms with Crippen molar-refractivity contribution in [2.24, 2.45) is 5.92 Å². The van der Waals surface area contributed by atoms with Crippen LogP contribution in [0.4, 0.5) is 5.69 Å². The molecule has 0 spiro atoms. The lowest BCUT2D eigenvalue weighted by atomic mass is 10.0. The van der Waals surface area contributed by atoms with E-state index in [1.807, 2.05) is 48.4 Å². The molecule has 0 fully saturated rings. The van der Waals surface area contributed by atoms with E-state index in [1.165, 1.54) is 29.8 Å². The highest BCUT2D eigenvalue weighted by Gasteiger charge is 2.25. The van der Waals surface area contributed by atoms with Gasteiger partial charge in [-0.25, -0.2) is 0 Å². The molecule has 1 heterocycles. The van der Waals surface area contributed by atoms with Gasteiger partial charge in [-0.1, -0.05) is 44.2 Å². The van der Waals surface area contributed by atoms with Crippen LogP contribution in [0.1, 0.15) is 42.4 Å². The van der Waals surface area contributed by atoms with Gasteiger partial charge in [-0.3, -0.25) is 14.9 Å². The van der Waals surface area contributed by atoms with Crippen LogP contribution in [0.5, 0.6) is 0 Å². The zero-order chi connectivity index (χ0) is 21.7. The number of hydrogen-bond donors (Lipinski definition) is 0. The van der Waals surface area contributed by atoms with Crippen LogP contribution in [-0.4, -0.2) is 26.3 Å². The van der Waals surface area contributed by atoms with Crippen molar-refractivity contribution in [3.8, 4) is 0 Å². The maximum absolute atomic E-state index is 13.3. The summed E-state index contributed by atoms with van der Waals surface area (Å²) >= 11 is 0. The van der Waals surface area contributed by atoms with E-state index < -0.39 is 4.92 Å². The first kappa shape index (κ1) is 21.3. The molecule has 1 amide bonds. The smallest absolute Gasteiger partial charge is 0.269 e. The van der Waals surface area contributed by atoms with Crippen LogP contribution in [0.2, 0.25) is 0 Å². The summed E-state index contributed by atoms with van der Waals surface area (Å²) in [6.07, 6.45) is 2.02. The van der Waals surface area contributed by atoms with Gasteiger partial charge < -0.3 is 9.47 Å². The molecule has 0 N–H and O–H groups in total. The third kappa shape index (κ3) is 4.95. The van der Waals surface area contributed by atoms with Crippen molar-refractivity contribution in [2.45, 2.75) is 39.9 Å². The van der Waals surface area contributed by atoms with Crippen molar-refractivity contribution in [3.05, 3.63) is 99.9 Å². The topological polar surface area (TPSA) is 68.4 Å². The molecule has 0 aliphatic heterocycles. The van der Waals surface area contributed by atoms with E-state index in [0.717, 1.165) is 12.2 Å². The summed E-state index contributed by atoms with van der Waals surface area (Å²) in [4.78, 5) is 25.6. The first-order chi connectivity index (χ1) is 14.4. The van der Waals surface area contributed by atoms with Gasteiger partial charge in [0.15, 0.2) is 0 Å². The lowest BCUT2D eigenvalue weighted by Crippen LogP contribution is -2.41. The molecule has 156 valence electrons. The molecule has 2 aromatic carbocycles. The largest absolute Gasteiger partial charge is 0.345 e. The molecule has 0 aliphatic rings. The average Bonchev–Trinajstić information content (AvgIpc) is 3.18. The average molecular weight is 405 g/mol. The van der Waals surface area contributed by atoms with Crippen LogP contribution in [0.25, 0.3) is 0 Å². The van der Waals surface area contributed by atoms with Crippen molar-refractivity contribution < 1.29 is 9.72 Å². The highest BCUT2D eigenvalue weighted by atomic mass is 16.6. The van der Waals surface area contributed by atoms with Gasteiger partial charge in [0.05, 0.1) is 11.5 Å². The normalized spacial score (nSPS) is 12.0. The summed E-state index contributed by atoms with van der Waals surface area (Å²) in [5.41, 5.74) is 2.67. The van der Waals surface area contributed by atoms with Gasteiger partial charge in [-0.2, -0.15) is 0 Å². The number of nitro groups is 1. The Bertz CT molecular complexity index is 994. The molecule has 30 heavy (non-hydrogen) atoms. The standard InChI is InChI=1S/C24H27N3O3/c1-18(2)19(3)26(24(28)21-11-13-22(14-12-21)27(29)30)17-23-10-7-15-25(23)16-20-8-5-4-6-9-20/h4-15,18-19H,16-17H2,1-3H3. The van der Waals surface area contributed by atoms with Gasteiger partial charge in [0.1, 0.15) is 0 Å². The second-order valence-electron chi connectivity index (χ2n) is 7.83. The van der Waals surface area contributed by atoms with Gasteiger partial charge >= 0.3 is 0 Å². The summed E-state index contributed by atoms with van der Waals surface area (Å²) in [5, 5.41) is 10.9. The number of amides is 1. The quantitative estimate of drug-likeness (QED) is 0.385. The Morgan fingerprint density at radius 3 is 2.27 bits per heavy atom. The first-order valence-electron chi connectivity index (χ1n) is 10.1. The van der Waals surface area contributed by atoms with Crippen LogP contribution in [0, 0.1) is 16.0 Å². The molecule has 0 saturated heterocycles. The van der Waals surface area contributed by atoms with Crippen molar-refractivity contribution >= 4 is 11.6 Å². The minimum Gasteiger partial charge on any atom is -0.345 e. The fourth-order valence-electron chi connectivity index (χ4n) is 3.35. The molecule has 6 heteroatoms. The monoisotopic (exact) mass is 405 g/mol. The molecule has 0 bridgehead atoms. The number of non-ortho nitro benzene ring substituents is 1. The van der Waals surface area contributed by atoms with Crippen LogP contribution in [-0.2, 0) is 13.1 Å². The summed E-state index contributed by atoms with van der Waals surface area (Å²) in [6, 6.07) is 20.1. The number of hydrogen-bond acceptors (Lipinski definition) is 3. The molecule has 3 aromatic rings. The third-order valence-electron chi connectivity index (χ3n) is 5.49. The Kier molecular flexibility index (Phi) is 6.67. The lowest BCUT2D eigenvalue weighted by molar-refractivity contribution is -0.384. The van der Waals surface area contributed by atoms with Crippen LogP contribution in [0.15, 0.2) is 72.9 Å². The molecule has 0 aliphatic carbocycles. The number of carbonyl (C=O) groups excluding carboxylic acids is 1. The van der Waals surface area contributed by atoms with Gasteiger partial charge in [-0.15, -0.1) is 0 Å². The fourth-order valence-corrected chi connectivity index (χ4v) is 3.35. The third-order valence-corrected chi connectivity index (χ3v) is 5.49. The van der Waals surface area contributed by atoms with Gasteiger partial charge in [-0.05, 0) is 42.7 Å². The molecule has 0 radical (unpaired) electrons. The molecule has 1 unspecified atom stereocenters. The van der Waals surface area contributed by atoms with Gasteiger partial charge in [0.25, 0.3) is 11.6 Å². The number of nitrogens with zero attached hydrogens (tertiary/aromatic N) is 3. The number of carbonyl (C=O) groups is 1. The maximum Gasteiger partial charge on any atom is 0.269 e. The second kappa shape index (κ2) is 9.39. The summed E-state index contributed by atoms with van der Waals surface area (Å²) in [7, 11) is 0. The number of rotatable bonds is 8. The van der Waals surface area contributed by atoms with Crippen molar-refractivity contribution in [2.75, 3.05) is 0 Å². The van der Waals surface area contributed by atoms with Crippen molar-refractivity contribution in [1.29, 1.82) is 0 Å². The summed E-state index contributed by atoms with van der Waals surface area (Å²) < 4.78 is 2.15. The van der Waals surface area contributed by atoms with Crippen LogP contribution in [0.3, 0.4) is 0 Å². The highest BCUT2D eigenvalue weighted by molar-refractivity contribution is 5.94. The first-order valence-corrected chi connectivity index (χ1v) is 10.1. The number of benzene rings is 2. The number of nitro benzene ring substituents is 1. The van der Waals surface area contributed by atoms with Crippen LogP contribution < -0.4 is 0 Å². The molecule has 1 aromatic heterocycles. The van der Waals surface area contributed by atoms with E-state index in [-0.39, 0.29) is 23.6 Å². The van der Waals surface area contributed by atoms with Gasteiger partial charge in [0.2, 0.25) is 0 Å². The van der Waals surface area contributed by atoms with Crippen molar-refractivity contribution in [1.82, 2.24) is 9.47 Å². The minimum atomic E-state index is -0.459. The van der Waals surface area contributed by atoms with E-state index in [9.17, 15) is 14.9 Å². The Morgan fingerprint density at radius 2 is 1.67 bits per heavy atom. The zero-order valence-corrected chi connectivity index (χ0v) is 17.6. The Hall–Kier alpha value is -3.41. The van der Waals surface area contributed by atoms with E-state index in [2.05, 4.69) is 30.5 Å². The van der Waals surface area contributed by atoms with Crippen molar-refractivity contribution in [3.63, 3.8) is 0 Å². The number of aromatic nitrogens is 1. The fraction of sp³-hybridized carbons (Fsp3) is 0.292. The van der Waals surface area contributed by atoms with E-state index in [4.69, 9.17) is 0 Å². The van der Waals surface area contributed by atoms with E-state index in [1.54, 1.807) is 0 Å². The molecule has 1 atom stereocenters. The lowest BCUT2D eigenvalue weighted by Gasteiger charge is -2.32. The summed E-state index contributed by atoms with van der Waals surface area (Å²) in [6.45, 7) is 7.42. The molecular weight excluding hydrogens is 378 g/mol. The molecular formula is C24H27N3O3. The predicted octanol–water partition coefficient (Wildman–Crippen LogP) is 5.13. The van der Waals surface area contributed by atoms with E-state index >= 15 is 0 Å². The molecule has 0 saturated carbocycles. The SMILES string of the molecule is CC(C)C(C)N(Cc1cccn1Cc1ccccc1)C(=O)c1ccc([N+](=O)[O-])cc1. The Morgan fingerprint density at radius 1 is 1.00 bits per heavy atom. The molecule has 6 nitrogen and oxygen atoms in total. The Balaban J connectivity index is 1.86. The van der Waals surface area contributed by atoms with Crippen LogP contribution >= 0.6 is 0 Å². The highest BCUT2D eigenvalue weighted by Crippen LogP contribution is 2.21. The Labute approximate surface area is 176 Å². The van der Waals surface area contributed by atoms with E-state index in [0.29, 0.717) is 12.1 Å².